The van der Waals surface area contributed by atoms with Gasteiger partial charge in [-0.15, -0.1) is 22.7 Å². The third-order valence-corrected chi connectivity index (χ3v) is 7.72. The predicted octanol–water partition coefficient (Wildman–Crippen LogP) is 5.49. The van der Waals surface area contributed by atoms with Crippen LogP contribution in [-0.2, 0) is 0 Å². The zero-order valence-corrected chi connectivity index (χ0v) is 14.9. The second-order valence-corrected chi connectivity index (χ2v) is 8.98. The molecule has 0 unspecified atom stereocenters. The van der Waals surface area contributed by atoms with Crippen molar-refractivity contribution in [1.29, 1.82) is 0 Å². The van der Waals surface area contributed by atoms with Gasteiger partial charge in [0.2, 0.25) is 5.13 Å². The van der Waals surface area contributed by atoms with Crippen molar-refractivity contribution in [3.63, 3.8) is 0 Å². The summed E-state index contributed by atoms with van der Waals surface area (Å²) in [4.78, 5) is 5.86. The summed E-state index contributed by atoms with van der Waals surface area (Å²) in [6.45, 7) is 7.20. The monoisotopic (exact) mass is 331 g/mol. The normalized spacial score (nSPS) is 31.0. The van der Waals surface area contributed by atoms with Crippen LogP contribution in [0.4, 0.5) is 5.13 Å². The average Bonchev–Trinajstić information content (AvgIpc) is 3.22. The fourth-order valence-electron chi connectivity index (χ4n) is 4.08. The molecule has 2 aliphatic rings. The molecule has 22 heavy (non-hydrogen) atoms. The molecule has 0 aromatic carbocycles. The number of hydrogen-bond donors (Lipinski definition) is 1. The van der Waals surface area contributed by atoms with E-state index in [1.165, 1.54) is 23.4 Å². The second-order valence-electron chi connectivity index (χ2n) is 7.18. The van der Waals surface area contributed by atoms with Crippen LogP contribution in [0.3, 0.4) is 0 Å². The Balaban J connectivity index is 1.54. The fraction of sp³-hybridized carbons (Fsp3) is 0.529. The number of thiazole rings is 1. The highest BCUT2D eigenvalue weighted by molar-refractivity contribution is 7.15. The van der Waals surface area contributed by atoms with Gasteiger partial charge >= 0.3 is 0 Å². The number of aromatic nitrogens is 1. The molecule has 0 saturated heterocycles. The number of rotatable bonds is 3. The summed E-state index contributed by atoms with van der Waals surface area (Å²) in [6.07, 6.45) is 3.76. The SMILES string of the molecule is CC1(C)[C@@H]2CC[C@@]1(C)/C(=N/Nc1nc(-c3cccs3)cs1)C2. The molecule has 2 atom stereocenters. The lowest BCUT2D eigenvalue weighted by molar-refractivity contribution is 0.194. The van der Waals surface area contributed by atoms with E-state index in [1.54, 1.807) is 22.7 Å². The van der Waals surface area contributed by atoms with Gasteiger partial charge in [-0.05, 0) is 42.0 Å². The number of thiophene rings is 1. The van der Waals surface area contributed by atoms with E-state index in [9.17, 15) is 0 Å². The van der Waals surface area contributed by atoms with Gasteiger partial charge in [-0.25, -0.2) is 4.98 Å². The van der Waals surface area contributed by atoms with Crippen LogP contribution in [-0.4, -0.2) is 10.7 Å². The summed E-state index contributed by atoms with van der Waals surface area (Å²) in [6, 6.07) is 4.17. The molecular formula is C17H21N3S2. The molecule has 0 spiro atoms. The third kappa shape index (κ3) is 1.98. The summed E-state index contributed by atoms with van der Waals surface area (Å²) in [7, 11) is 0. The number of fused-ring (bicyclic) bond motifs is 2. The lowest BCUT2D eigenvalue weighted by Crippen LogP contribution is -2.32. The zero-order chi connectivity index (χ0) is 15.4. The maximum absolute atomic E-state index is 4.76. The van der Waals surface area contributed by atoms with E-state index in [4.69, 9.17) is 5.10 Å². The summed E-state index contributed by atoms with van der Waals surface area (Å²) in [5.74, 6) is 0.788. The summed E-state index contributed by atoms with van der Waals surface area (Å²) < 4.78 is 0. The molecule has 2 heterocycles. The van der Waals surface area contributed by atoms with Gasteiger partial charge in [0, 0.05) is 16.5 Å². The van der Waals surface area contributed by atoms with E-state index in [0.717, 1.165) is 23.2 Å². The zero-order valence-electron chi connectivity index (χ0n) is 13.2. The molecule has 3 nitrogen and oxygen atoms in total. The Hall–Kier alpha value is -1.20. The quantitative estimate of drug-likeness (QED) is 0.756. The topological polar surface area (TPSA) is 37.3 Å². The van der Waals surface area contributed by atoms with Crippen molar-refractivity contribution in [2.24, 2.45) is 21.8 Å². The molecule has 116 valence electrons. The van der Waals surface area contributed by atoms with Crippen molar-refractivity contribution in [2.75, 3.05) is 5.43 Å². The Labute approximate surface area is 139 Å². The van der Waals surface area contributed by atoms with E-state index in [-0.39, 0.29) is 5.41 Å². The number of hydrazone groups is 1. The molecule has 0 aliphatic heterocycles. The van der Waals surface area contributed by atoms with Crippen molar-refractivity contribution in [2.45, 2.75) is 40.0 Å². The summed E-state index contributed by atoms with van der Waals surface area (Å²) >= 11 is 3.35. The standard InChI is InChI=1S/C17H21N3S2/c1-16(2)11-6-7-17(16,3)14(9-11)19-20-15-18-12(10-22-15)13-5-4-8-21-13/h4-5,8,10-11H,6-7,9H2,1-3H3,(H,18,20)/b19-14+/t11-,17+/m1/s1. The van der Waals surface area contributed by atoms with Crippen molar-refractivity contribution in [3.8, 4) is 10.6 Å². The van der Waals surface area contributed by atoms with Crippen molar-refractivity contribution in [1.82, 2.24) is 4.98 Å². The van der Waals surface area contributed by atoms with Crippen LogP contribution in [0.1, 0.15) is 40.0 Å². The minimum atomic E-state index is 0.249. The van der Waals surface area contributed by atoms with Gasteiger partial charge in [0.1, 0.15) is 0 Å². The van der Waals surface area contributed by atoms with Gasteiger partial charge in [-0.2, -0.15) is 5.10 Å². The Kier molecular flexibility index (Phi) is 3.20. The maximum Gasteiger partial charge on any atom is 0.203 e. The summed E-state index contributed by atoms with van der Waals surface area (Å²) in [5, 5.41) is 9.83. The molecule has 1 N–H and O–H groups in total. The van der Waals surface area contributed by atoms with E-state index in [0.29, 0.717) is 5.41 Å². The van der Waals surface area contributed by atoms with Crippen molar-refractivity contribution < 1.29 is 0 Å². The van der Waals surface area contributed by atoms with Crippen LogP contribution >= 0.6 is 22.7 Å². The third-order valence-electron chi connectivity index (χ3n) is 6.08. The highest BCUT2D eigenvalue weighted by Gasteiger charge is 2.59. The molecular weight excluding hydrogens is 310 g/mol. The van der Waals surface area contributed by atoms with Crippen LogP contribution in [0.15, 0.2) is 28.0 Å². The first kappa shape index (κ1) is 14.4. The molecule has 0 amide bonds. The molecule has 0 radical (unpaired) electrons. The van der Waals surface area contributed by atoms with Crippen molar-refractivity contribution in [3.05, 3.63) is 22.9 Å². The van der Waals surface area contributed by atoms with Gasteiger partial charge in [0.25, 0.3) is 0 Å². The maximum atomic E-state index is 4.76. The van der Waals surface area contributed by atoms with Gasteiger partial charge < -0.3 is 0 Å². The largest absolute Gasteiger partial charge is 0.253 e. The molecule has 5 heteroatoms. The second kappa shape index (κ2) is 4.90. The Morgan fingerprint density at radius 1 is 1.32 bits per heavy atom. The molecule has 2 bridgehead atoms. The lowest BCUT2D eigenvalue weighted by Gasteiger charge is -2.34. The number of anilines is 1. The molecule has 2 aliphatic carbocycles. The molecule has 2 fully saturated rings. The van der Waals surface area contributed by atoms with Crippen LogP contribution < -0.4 is 5.43 Å². The minimum Gasteiger partial charge on any atom is -0.253 e. The minimum absolute atomic E-state index is 0.249. The number of nitrogens with zero attached hydrogens (tertiary/aromatic N) is 2. The van der Waals surface area contributed by atoms with E-state index >= 15 is 0 Å². The Bertz CT molecular complexity index is 714. The number of nitrogens with one attached hydrogen (secondary N) is 1. The Morgan fingerprint density at radius 3 is 2.82 bits per heavy atom. The first-order chi connectivity index (χ1) is 10.5. The van der Waals surface area contributed by atoms with E-state index in [2.05, 4.69) is 54.1 Å². The smallest absolute Gasteiger partial charge is 0.203 e. The molecule has 4 rings (SSSR count). The van der Waals surface area contributed by atoms with Crippen LogP contribution in [0.25, 0.3) is 10.6 Å². The van der Waals surface area contributed by atoms with Crippen LogP contribution in [0.2, 0.25) is 0 Å². The fourth-order valence-corrected chi connectivity index (χ4v) is 5.49. The summed E-state index contributed by atoms with van der Waals surface area (Å²) in [5.41, 5.74) is 6.22. The van der Waals surface area contributed by atoms with Crippen molar-refractivity contribution >= 4 is 33.5 Å². The van der Waals surface area contributed by atoms with Gasteiger partial charge in [0.05, 0.1) is 10.6 Å². The van der Waals surface area contributed by atoms with Crippen LogP contribution in [0, 0.1) is 16.7 Å². The number of hydrogen-bond acceptors (Lipinski definition) is 5. The molecule has 2 saturated carbocycles. The Morgan fingerprint density at radius 2 is 2.18 bits per heavy atom. The average molecular weight is 332 g/mol. The van der Waals surface area contributed by atoms with Gasteiger partial charge in [-0.1, -0.05) is 26.8 Å². The van der Waals surface area contributed by atoms with E-state index in [1.807, 2.05) is 0 Å². The van der Waals surface area contributed by atoms with Gasteiger partial charge in [0.15, 0.2) is 0 Å². The highest BCUT2D eigenvalue weighted by atomic mass is 32.1. The predicted molar refractivity (Wildman–Crippen MR) is 95.7 cm³/mol. The highest BCUT2D eigenvalue weighted by Crippen LogP contribution is 2.63. The molecule has 2 aromatic heterocycles. The van der Waals surface area contributed by atoms with Gasteiger partial charge in [-0.3, -0.25) is 5.43 Å². The first-order valence-corrected chi connectivity index (χ1v) is 9.59. The van der Waals surface area contributed by atoms with E-state index < -0.39 is 0 Å². The lowest BCUT2D eigenvalue weighted by atomic mass is 9.70. The molecule has 2 aromatic rings. The van der Waals surface area contributed by atoms with Crippen LogP contribution in [0.5, 0.6) is 0 Å². The first-order valence-electron chi connectivity index (χ1n) is 7.83.